The van der Waals surface area contributed by atoms with Crippen molar-refractivity contribution in [3.8, 4) is 0 Å². The number of fused-ring (bicyclic) bond motifs is 1. The van der Waals surface area contributed by atoms with Crippen LogP contribution in [0.3, 0.4) is 0 Å². The number of aliphatic hydroxyl groups excluding tert-OH is 2. The molecule has 1 unspecified atom stereocenters. The lowest BCUT2D eigenvalue weighted by Crippen LogP contribution is -2.43. The number of nitrogens with zero attached hydrogens (tertiary/aromatic N) is 2. The number of allylic oxidation sites excluding steroid dienone is 3. The van der Waals surface area contributed by atoms with Gasteiger partial charge in [-0.05, 0) is 42.4 Å². The van der Waals surface area contributed by atoms with Crippen molar-refractivity contribution >= 4 is 40.0 Å². The second-order valence-electron chi connectivity index (χ2n) is 4.57. The minimum absolute atomic E-state index is 0.0149. The molecule has 0 aromatic rings. The molecule has 104 valence electrons. The van der Waals surface area contributed by atoms with Gasteiger partial charge in [0, 0.05) is 17.5 Å². The van der Waals surface area contributed by atoms with E-state index in [1.165, 1.54) is 4.90 Å². The summed E-state index contributed by atoms with van der Waals surface area (Å²) in [4.78, 5) is 5.93. The number of halogens is 2. The molecule has 19 heavy (non-hydrogen) atoms. The predicted molar refractivity (Wildman–Crippen MR) is 85.1 cm³/mol. The van der Waals surface area contributed by atoms with Crippen molar-refractivity contribution in [1.29, 1.82) is 0 Å². The van der Waals surface area contributed by atoms with E-state index < -0.39 is 6.23 Å². The van der Waals surface area contributed by atoms with Crippen molar-refractivity contribution in [1.82, 2.24) is 4.90 Å². The molecule has 1 atom stereocenters. The summed E-state index contributed by atoms with van der Waals surface area (Å²) in [5.41, 5.74) is 1.66. The van der Waals surface area contributed by atoms with E-state index in [1.807, 2.05) is 29.5 Å². The van der Waals surface area contributed by atoms with E-state index in [9.17, 15) is 10.2 Å². The summed E-state index contributed by atoms with van der Waals surface area (Å²) >= 11 is 8.01. The first-order chi connectivity index (χ1) is 8.97. The van der Waals surface area contributed by atoms with Gasteiger partial charge in [-0.15, -0.1) is 0 Å². The third kappa shape index (κ3) is 2.68. The largest absolute Gasteiger partial charge is 0.503 e. The van der Waals surface area contributed by atoms with Crippen molar-refractivity contribution in [2.75, 3.05) is 0 Å². The number of amidine groups is 1. The maximum atomic E-state index is 10.4. The van der Waals surface area contributed by atoms with Crippen LogP contribution in [0.15, 0.2) is 36.8 Å². The molecule has 2 rings (SSSR count). The Morgan fingerprint density at radius 3 is 2.84 bits per heavy atom. The summed E-state index contributed by atoms with van der Waals surface area (Å²) in [5, 5.41) is 20.9. The topological polar surface area (TPSA) is 56.1 Å². The van der Waals surface area contributed by atoms with Gasteiger partial charge < -0.3 is 10.2 Å². The SMILES string of the molecule is CCCCC1=C(C)N=C2C(O)=C(I)C(Cl)=CN2C1O. The third-order valence-corrected chi connectivity index (χ3v) is 4.94. The van der Waals surface area contributed by atoms with Gasteiger partial charge in [0.15, 0.2) is 17.8 Å². The molecule has 0 bridgehead atoms. The summed E-state index contributed by atoms with van der Waals surface area (Å²) in [7, 11) is 0. The zero-order valence-electron chi connectivity index (χ0n) is 10.8. The Labute approximate surface area is 131 Å². The van der Waals surface area contributed by atoms with Gasteiger partial charge in [-0.2, -0.15) is 0 Å². The van der Waals surface area contributed by atoms with Gasteiger partial charge in [0.2, 0.25) is 0 Å². The monoisotopic (exact) mass is 394 g/mol. The van der Waals surface area contributed by atoms with Crippen LogP contribution in [0.25, 0.3) is 0 Å². The number of rotatable bonds is 3. The van der Waals surface area contributed by atoms with Crippen LogP contribution in [0.1, 0.15) is 33.1 Å². The molecule has 0 saturated heterocycles. The lowest BCUT2D eigenvalue weighted by atomic mass is 10.0. The fraction of sp³-hybridized carbons (Fsp3) is 0.462. The van der Waals surface area contributed by atoms with Gasteiger partial charge in [-0.25, -0.2) is 4.99 Å². The fourth-order valence-electron chi connectivity index (χ4n) is 2.13. The van der Waals surface area contributed by atoms with E-state index >= 15 is 0 Å². The minimum atomic E-state index is -0.806. The molecule has 0 aliphatic carbocycles. The molecule has 0 radical (unpaired) electrons. The highest BCUT2D eigenvalue weighted by Gasteiger charge is 2.34. The highest BCUT2D eigenvalue weighted by atomic mass is 127. The van der Waals surface area contributed by atoms with Crippen molar-refractivity contribution in [2.45, 2.75) is 39.3 Å². The van der Waals surface area contributed by atoms with Gasteiger partial charge in [0.05, 0.1) is 8.61 Å². The van der Waals surface area contributed by atoms with Gasteiger partial charge >= 0.3 is 0 Å². The fourth-order valence-corrected chi connectivity index (χ4v) is 2.71. The average molecular weight is 395 g/mol. The predicted octanol–water partition coefficient (Wildman–Crippen LogP) is 3.78. The molecule has 0 fully saturated rings. The van der Waals surface area contributed by atoms with Gasteiger partial charge in [0.1, 0.15) is 0 Å². The molecular weight excluding hydrogens is 379 g/mol. The Bertz CT molecular complexity index is 523. The maximum absolute atomic E-state index is 10.4. The molecule has 0 aromatic carbocycles. The lowest BCUT2D eigenvalue weighted by Gasteiger charge is -2.35. The average Bonchev–Trinajstić information content (AvgIpc) is 2.38. The highest BCUT2D eigenvalue weighted by molar-refractivity contribution is 14.1. The summed E-state index contributed by atoms with van der Waals surface area (Å²) in [6.07, 6.45) is 3.66. The first-order valence-electron chi connectivity index (χ1n) is 6.18. The standard InChI is InChI=1S/C13H16ClIN2O2/c1-3-4-5-8-7(2)16-12-11(18)10(15)9(14)6-17(12)13(8)19/h6,13,18-19H,3-5H2,1-2H3. The Morgan fingerprint density at radius 1 is 1.53 bits per heavy atom. The number of aliphatic imine (C=N–C) groups is 1. The number of aliphatic hydroxyl groups is 2. The highest BCUT2D eigenvalue weighted by Crippen LogP contribution is 2.35. The van der Waals surface area contributed by atoms with E-state index in [4.69, 9.17) is 11.6 Å². The van der Waals surface area contributed by atoms with Crippen molar-refractivity contribution in [3.63, 3.8) is 0 Å². The third-order valence-electron chi connectivity index (χ3n) is 3.24. The summed E-state index contributed by atoms with van der Waals surface area (Å²) in [5.74, 6) is 0.375. The molecule has 0 spiro atoms. The van der Waals surface area contributed by atoms with E-state index in [2.05, 4.69) is 11.9 Å². The van der Waals surface area contributed by atoms with Crippen LogP contribution in [0.4, 0.5) is 0 Å². The van der Waals surface area contributed by atoms with Crippen LogP contribution in [-0.4, -0.2) is 27.2 Å². The first-order valence-corrected chi connectivity index (χ1v) is 7.64. The molecule has 4 nitrogen and oxygen atoms in total. The minimum Gasteiger partial charge on any atom is -0.503 e. The molecule has 2 heterocycles. The Balaban J connectivity index is 2.42. The molecule has 2 N–H and O–H groups in total. The van der Waals surface area contributed by atoms with Gasteiger partial charge in [-0.3, -0.25) is 4.90 Å². The van der Waals surface area contributed by atoms with Crippen molar-refractivity contribution in [2.24, 2.45) is 4.99 Å². The molecule has 2 aliphatic rings. The second-order valence-corrected chi connectivity index (χ2v) is 6.06. The molecule has 2 aliphatic heterocycles. The molecule has 0 saturated carbocycles. The first kappa shape index (κ1) is 14.9. The summed E-state index contributed by atoms with van der Waals surface area (Å²) in [6.45, 7) is 3.97. The van der Waals surface area contributed by atoms with E-state index in [-0.39, 0.29) is 5.76 Å². The lowest BCUT2D eigenvalue weighted by molar-refractivity contribution is 0.106. The quantitative estimate of drug-likeness (QED) is 0.716. The summed E-state index contributed by atoms with van der Waals surface area (Å²) < 4.78 is 0.547. The zero-order chi connectivity index (χ0) is 14.2. The van der Waals surface area contributed by atoms with E-state index in [0.29, 0.717) is 14.4 Å². The van der Waals surface area contributed by atoms with E-state index in [0.717, 1.165) is 30.5 Å². The van der Waals surface area contributed by atoms with E-state index in [1.54, 1.807) is 6.20 Å². The van der Waals surface area contributed by atoms with Crippen LogP contribution in [0.5, 0.6) is 0 Å². The van der Waals surface area contributed by atoms with Gasteiger partial charge in [-0.1, -0.05) is 24.9 Å². The number of hydrogen-bond donors (Lipinski definition) is 2. The smallest absolute Gasteiger partial charge is 0.179 e. The number of unbranched alkanes of at least 4 members (excludes halogenated alkanes) is 1. The molecule has 0 aromatic heterocycles. The maximum Gasteiger partial charge on any atom is 0.179 e. The van der Waals surface area contributed by atoms with Crippen LogP contribution < -0.4 is 0 Å². The Morgan fingerprint density at radius 2 is 2.21 bits per heavy atom. The van der Waals surface area contributed by atoms with Crippen molar-refractivity contribution < 1.29 is 10.2 Å². The second kappa shape index (κ2) is 5.85. The number of hydrogen-bond acceptors (Lipinski definition) is 4. The molecule has 0 amide bonds. The zero-order valence-corrected chi connectivity index (χ0v) is 13.7. The normalized spacial score (nSPS) is 23.4. The molecular formula is C13H16ClIN2O2. The summed E-state index contributed by atoms with van der Waals surface area (Å²) in [6, 6.07) is 0. The Hall–Kier alpha value is -0.530. The van der Waals surface area contributed by atoms with Crippen LogP contribution in [0.2, 0.25) is 0 Å². The molecule has 6 heteroatoms. The van der Waals surface area contributed by atoms with Crippen LogP contribution >= 0.6 is 34.2 Å². The van der Waals surface area contributed by atoms with Crippen LogP contribution in [0, 0.1) is 0 Å². The Kier molecular flexibility index (Phi) is 4.58. The van der Waals surface area contributed by atoms with Crippen molar-refractivity contribution in [3.05, 3.63) is 31.8 Å². The van der Waals surface area contributed by atoms with Crippen LogP contribution in [-0.2, 0) is 0 Å². The van der Waals surface area contributed by atoms with Gasteiger partial charge in [0.25, 0.3) is 0 Å².